The first-order chi connectivity index (χ1) is 7.88. The number of hydrogen-bond donors (Lipinski definition) is 0. The average Bonchev–Trinajstić information content (AvgIpc) is 2.25. The van der Waals surface area contributed by atoms with Gasteiger partial charge in [0.05, 0.1) is 0 Å². The number of ether oxygens (including phenoxy) is 1. The molecule has 0 radical (unpaired) electrons. The zero-order chi connectivity index (χ0) is 12.9. The molecule has 2 nitrogen and oxygen atoms in total. The lowest BCUT2D eigenvalue weighted by atomic mass is 10.2. The largest absolute Gasteiger partial charge is 0.457 e. The molecule has 0 amide bonds. The SMILES string of the molecule is C/C(=C\C(F)(F)F)C(=O)OCc1ccccc1. The van der Waals surface area contributed by atoms with Crippen molar-refractivity contribution in [1.82, 2.24) is 0 Å². The summed E-state index contributed by atoms with van der Waals surface area (Å²) in [5.74, 6) is -0.967. The van der Waals surface area contributed by atoms with E-state index >= 15 is 0 Å². The van der Waals surface area contributed by atoms with E-state index in [1.54, 1.807) is 30.3 Å². The van der Waals surface area contributed by atoms with Gasteiger partial charge in [-0.2, -0.15) is 13.2 Å². The van der Waals surface area contributed by atoms with E-state index in [2.05, 4.69) is 0 Å². The van der Waals surface area contributed by atoms with Crippen LogP contribution in [0.15, 0.2) is 42.0 Å². The summed E-state index contributed by atoms with van der Waals surface area (Å²) >= 11 is 0. The Morgan fingerprint density at radius 1 is 1.29 bits per heavy atom. The molecule has 0 aliphatic heterocycles. The first-order valence-electron chi connectivity index (χ1n) is 4.86. The summed E-state index contributed by atoms with van der Waals surface area (Å²) in [4.78, 5) is 11.2. The molecule has 17 heavy (non-hydrogen) atoms. The van der Waals surface area contributed by atoms with Gasteiger partial charge in [-0.05, 0) is 12.5 Å². The van der Waals surface area contributed by atoms with Crippen LogP contribution in [0.1, 0.15) is 12.5 Å². The summed E-state index contributed by atoms with van der Waals surface area (Å²) in [7, 11) is 0. The van der Waals surface area contributed by atoms with Crippen molar-refractivity contribution >= 4 is 5.97 Å². The minimum Gasteiger partial charge on any atom is -0.457 e. The van der Waals surface area contributed by atoms with Crippen molar-refractivity contribution in [1.29, 1.82) is 0 Å². The average molecular weight is 244 g/mol. The molecule has 0 unspecified atom stereocenters. The maximum absolute atomic E-state index is 11.9. The van der Waals surface area contributed by atoms with Crippen LogP contribution in [0.25, 0.3) is 0 Å². The highest BCUT2D eigenvalue weighted by molar-refractivity contribution is 5.87. The van der Waals surface area contributed by atoms with Crippen LogP contribution in [0, 0.1) is 0 Å². The predicted molar refractivity (Wildman–Crippen MR) is 56.1 cm³/mol. The molecule has 0 fully saturated rings. The molecule has 1 rings (SSSR count). The molecule has 5 heteroatoms. The Bertz CT molecular complexity index is 408. The number of benzene rings is 1. The molecule has 92 valence electrons. The summed E-state index contributed by atoms with van der Waals surface area (Å²) in [6.45, 7) is 1.03. The van der Waals surface area contributed by atoms with Crippen molar-refractivity contribution in [3.63, 3.8) is 0 Å². The number of alkyl halides is 3. The van der Waals surface area contributed by atoms with Crippen molar-refractivity contribution in [3.05, 3.63) is 47.5 Å². The van der Waals surface area contributed by atoms with Crippen molar-refractivity contribution in [3.8, 4) is 0 Å². The zero-order valence-corrected chi connectivity index (χ0v) is 9.12. The molecule has 0 aliphatic rings. The minimum atomic E-state index is -4.50. The fourth-order valence-electron chi connectivity index (χ4n) is 1.14. The Kier molecular flexibility index (Phi) is 4.31. The number of hydrogen-bond acceptors (Lipinski definition) is 2. The second-order valence-electron chi connectivity index (χ2n) is 3.43. The normalized spacial score (nSPS) is 12.4. The molecule has 0 spiro atoms. The maximum atomic E-state index is 11.9. The van der Waals surface area contributed by atoms with Crippen LogP contribution in [-0.2, 0) is 16.1 Å². The first kappa shape index (κ1) is 13.3. The molecule has 0 aromatic heterocycles. The molecule has 0 saturated heterocycles. The van der Waals surface area contributed by atoms with Gasteiger partial charge in [0.15, 0.2) is 0 Å². The predicted octanol–water partition coefficient (Wildman–Crippen LogP) is 3.24. The summed E-state index contributed by atoms with van der Waals surface area (Å²) in [5, 5.41) is 0. The fraction of sp³-hybridized carbons (Fsp3) is 0.250. The second kappa shape index (κ2) is 5.52. The smallest absolute Gasteiger partial charge is 0.410 e. The second-order valence-corrected chi connectivity index (χ2v) is 3.43. The summed E-state index contributed by atoms with van der Waals surface area (Å²) < 4.78 is 40.6. The van der Waals surface area contributed by atoms with E-state index in [1.165, 1.54) is 0 Å². The van der Waals surface area contributed by atoms with Crippen molar-refractivity contribution in [2.75, 3.05) is 0 Å². The van der Waals surface area contributed by atoms with Gasteiger partial charge in [-0.1, -0.05) is 30.3 Å². The fourth-order valence-corrected chi connectivity index (χ4v) is 1.14. The Hall–Kier alpha value is -1.78. The summed E-state index contributed by atoms with van der Waals surface area (Å²) in [6, 6.07) is 8.73. The quantitative estimate of drug-likeness (QED) is 0.602. The number of esters is 1. The molecule has 0 atom stereocenters. The van der Waals surface area contributed by atoms with Gasteiger partial charge < -0.3 is 4.74 Å². The van der Waals surface area contributed by atoms with E-state index in [1.807, 2.05) is 0 Å². The van der Waals surface area contributed by atoms with Crippen LogP contribution in [0.4, 0.5) is 13.2 Å². The molecule has 0 saturated carbocycles. The molecular weight excluding hydrogens is 233 g/mol. The highest BCUT2D eigenvalue weighted by Gasteiger charge is 2.25. The molecule has 1 aromatic rings. The van der Waals surface area contributed by atoms with Crippen LogP contribution < -0.4 is 0 Å². The highest BCUT2D eigenvalue weighted by atomic mass is 19.4. The number of halogens is 3. The topological polar surface area (TPSA) is 26.3 Å². The first-order valence-corrected chi connectivity index (χ1v) is 4.86. The number of carbonyl (C=O) groups is 1. The lowest BCUT2D eigenvalue weighted by molar-refractivity contribution is -0.141. The van der Waals surface area contributed by atoms with Crippen molar-refractivity contribution < 1.29 is 22.7 Å². The van der Waals surface area contributed by atoms with Gasteiger partial charge in [-0.25, -0.2) is 4.79 Å². The molecule has 0 bridgehead atoms. The standard InChI is InChI=1S/C12H11F3O2/c1-9(7-12(13,14)15)11(16)17-8-10-5-3-2-4-6-10/h2-7H,8H2,1H3/b9-7+. The van der Waals surface area contributed by atoms with E-state index in [0.717, 1.165) is 12.5 Å². The molecular formula is C12H11F3O2. The van der Waals surface area contributed by atoms with E-state index in [4.69, 9.17) is 4.74 Å². The summed E-state index contributed by atoms with van der Waals surface area (Å²) in [6.07, 6.45) is -4.57. The molecule has 0 N–H and O–H groups in total. The zero-order valence-electron chi connectivity index (χ0n) is 9.12. The Morgan fingerprint density at radius 3 is 2.41 bits per heavy atom. The van der Waals surface area contributed by atoms with E-state index in [0.29, 0.717) is 0 Å². The summed E-state index contributed by atoms with van der Waals surface area (Å²) in [5.41, 5.74) is 0.258. The number of rotatable bonds is 3. The van der Waals surface area contributed by atoms with Gasteiger partial charge in [0, 0.05) is 11.6 Å². The van der Waals surface area contributed by atoms with Crippen molar-refractivity contribution in [2.24, 2.45) is 0 Å². The molecule has 0 aliphatic carbocycles. The Labute approximate surface area is 96.7 Å². The monoisotopic (exact) mass is 244 g/mol. The van der Waals surface area contributed by atoms with Gasteiger partial charge >= 0.3 is 12.1 Å². The number of allylic oxidation sites excluding steroid dienone is 1. The lowest BCUT2D eigenvalue weighted by Crippen LogP contribution is -2.10. The van der Waals surface area contributed by atoms with Gasteiger partial charge in [-0.15, -0.1) is 0 Å². The lowest BCUT2D eigenvalue weighted by Gasteiger charge is -2.06. The van der Waals surface area contributed by atoms with E-state index in [9.17, 15) is 18.0 Å². The highest BCUT2D eigenvalue weighted by Crippen LogP contribution is 2.19. The van der Waals surface area contributed by atoms with Crippen LogP contribution in [0.2, 0.25) is 0 Å². The Balaban J connectivity index is 2.54. The maximum Gasteiger partial charge on any atom is 0.410 e. The minimum absolute atomic E-state index is 0.0390. The third-order valence-corrected chi connectivity index (χ3v) is 1.91. The van der Waals surface area contributed by atoms with Gasteiger partial charge in [0.2, 0.25) is 0 Å². The Morgan fingerprint density at radius 2 is 1.88 bits per heavy atom. The third kappa shape index (κ3) is 5.19. The van der Waals surface area contributed by atoms with Gasteiger partial charge in [0.25, 0.3) is 0 Å². The third-order valence-electron chi connectivity index (χ3n) is 1.91. The van der Waals surface area contributed by atoms with Gasteiger partial charge in [0.1, 0.15) is 6.61 Å². The van der Waals surface area contributed by atoms with Crippen LogP contribution in [-0.4, -0.2) is 12.1 Å². The molecule has 0 heterocycles. The van der Waals surface area contributed by atoms with Gasteiger partial charge in [-0.3, -0.25) is 0 Å². The van der Waals surface area contributed by atoms with Crippen molar-refractivity contribution in [2.45, 2.75) is 19.7 Å². The van der Waals surface area contributed by atoms with Crippen LogP contribution in [0.5, 0.6) is 0 Å². The van der Waals surface area contributed by atoms with Crippen LogP contribution in [0.3, 0.4) is 0 Å². The van der Waals surface area contributed by atoms with E-state index in [-0.39, 0.29) is 12.7 Å². The van der Waals surface area contributed by atoms with Crippen LogP contribution >= 0.6 is 0 Å². The number of carbonyl (C=O) groups excluding carboxylic acids is 1. The molecule has 1 aromatic carbocycles. The van der Waals surface area contributed by atoms with E-state index < -0.39 is 17.7 Å².